The molecule has 12 nitrogen and oxygen atoms in total. The Morgan fingerprint density at radius 1 is 1.06 bits per heavy atom. The number of hydrogen-bond acceptors (Lipinski definition) is 7. The first kappa shape index (κ1) is 28.0. The van der Waals surface area contributed by atoms with Gasteiger partial charge < -0.3 is 36.9 Å². The largest absolute Gasteiger partial charge is 0.480 e. The van der Waals surface area contributed by atoms with Gasteiger partial charge in [0.15, 0.2) is 0 Å². The molecule has 0 aliphatic rings. The smallest absolute Gasteiger partial charge is 0.326 e. The van der Waals surface area contributed by atoms with E-state index in [1.54, 1.807) is 13.1 Å². The Hall–Kier alpha value is -2.99. The van der Waals surface area contributed by atoms with Crippen molar-refractivity contribution in [1.82, 2.24) is 25.9 Å². The zero-order chi connectivity index (χ0) is 25.1. The van der Waals surface area contributed by atoms with Gasteiger partial charge in [0, 0.05) is 18.3 Å². The fourth-order valence-electron chi connectivity index (χ4n) is 3.11. The minimum atomic E-state index is -1.38. The molecule has 0 saturated heterocycles. The van der Waals surface area contributed by atoms with Crippen molar-refractivity contribution in [3.05, 3.63) is 18.2 Å². The van der Waals surface area contributed by atoms with Crippen LogP contribution in [0.15, 0.2) is 12.5 Å². The molecule has 186 valence electrons. The standard InChI is InChI=1S/C21H36N6O6/c1-5-12(4)17(27-18(29)14(22)7-13-8-23-10-24-13)20(31)26-16(9-28)19(30)25-15(21(32)33)6-11(2)3/h8,10-12,14-17,28H,5-7,9,22H2,1-4H3,(H,23,24)(H,25,30)(H,26,31)(H,27,29)(H,32,33). The lowest BCUT2D eigenvalue weighted by molar-refractivity contribution is -0.143. The molecule has 0 aromatic carbocycles. The molecule has 1 heterocycles. The molecule has 0 radical (unpaired) electrons. The summed E-state index contributed by atoms with van der Waals surface area (Å²) in [5.41, 5.74) is 6.61. The number of carboxylic acid groups (broad SMARTS) is 1. The molecule has 0 aliphatic carbocycles. The first-order chi connectivity index (χ1) is 15.5. The Labute approximate surface area is 193 Å². The first-order valence-electron chi connectivity index (χ1n) is 11.0. The summed E-state index contributed by atoms with van der Waals surface area (Å²) in [6.07, 6.45) is 3.92. The van der Waals surface area contributed by atoms with Crippen LogP contribution in [0.2, 0.25) is 0 Å². The minimum absolute atomic E-state index is 0.00420. The summed E-state index contributed by atoms with van der Waals surface area (Å²) in [6.45, 7) is 6.46. The SMILES string of the molecule is CCC(C)C(NC(=O)C(N)Cc1cnc[nH]1)C(=O)NC(CO)C(=O)NC(CC(C)C)C(=O)O. The Morgan fingerprint density at radius 3 is 2.18 bits per heavy atom. The Balaban J connectivity index is 2.84. The van der Waals surface area contributed by atoms with E-state index < -0.39 is 54.5 Å². The molecule has 3 amide bonds. The Kier molecular flexibility index (Phi) is 11.5. The first-order valence-corrected chi connectivity index (χ1v) is 11.0. The summed E-state index contributed by atoms with van der Waals surface area (Å²) in [5, 5.41) is 26.3. The van der Waals surface area contributed by atoms with Crippen LogP contribution in [0.1, 0.15) is 46.2 Å². The van der Waals surface area contributed by atoms with Gasteiger partial charge in [-0.25, -0.2) is 9.78 Å². The summed E-state index contributed by atoms with van der Waals surface area (Å²) >= 11 is 0. The van der Waals surface area contributed by atoms with E-state index in [2.05, 4.69) is 25.9 Å². The number of aliphatic hydroxyl groups is 1. The zero-order valence-electron chi connectivity index (χ0n) is 19.5. The highest BCUT2D eigenvalue weighted by Crippen LogP contribution is 2.10. The third-order valence-electron chi connectivity index (χ3n) is 5.26. The number of carbonyl (C=O) groups is 4. The third kappa shape index (κ3) is 9.18. The lowest BCUT2D eigenvalue weighted by atomic mass is 9.97. The maximum Gasteiger partial charge on any atom is 0.326 e. The molecule has 1 aromatic rings. The number of carbonyl (C=O) groups excluding carboxylic acids is 3. The van der Waals surface area contributed by atoms with Gasteiger partial charge in [-0.3, -0.25) is 14.4 Å². The number of imidazole rings is 1. The number of hydrogen-bond donors (Lipinski definition) is 7. The number of H-pyrrole nitrogens is 1. The number of carboxylic acids is 1. The second-order valence-electron chi connectivity index (χ2n) is 8.53. The van der Waals surface area contributed by atoms with E-state index in [1.165, 1.54) is 6.33 Å². The van der Waals surface area contributed by atoms with Crippen LogP contribution in [0.3, 0.4) is 0 Å². The minimum Gasteiger partial charge on any atom is -0.480 e. The van der Waals surface area contributed by atoms with Gasteiger partial charge in [0.05, 0.1) is 19.0 Å². The predicted octanol–water partition coefficient (Wildman–Crippen LogP) is -1.10. The normalized spacial score (nSPS) is 15.7. The predicted molar refractivity (Wildman–Crippen MR) is 120 cm³/mol. The van der Waals surface area contributed by atoms with Crippen molar-refractivity contribution in [3.63, 3.8) is 0 Å². The van der Waals surface area contributed by atoms with E-state index in [-0.39, 0.29) is 24.7 Å². The third-order valence-corrected chi connectivity index (χ3v) is 5.26. The van der Waals surface area contributed by atoms with Gasteiger partial charge in [-0.15, -0.1) is 0 Å². The number of nitrogens with one attached hydrogen (secondary N) is 4. The molecule has 5 atom stereocenters. The number of aliphatic hydroxyl groups excluding tert-OH is 1. The molecule has 8 N–H and O–H groups in total. The number of aliphatic carboxylic acids is 1. The quantitative estimate of drug-likeness (QED) is 0.178. The van der Waals surface area contributed by atoms with Gasteiger partial charge in [0.2, 0.25) is 17.7 Å². The number of nitrogens with zero attached hydrogens (tertiary/aromatic N) is 1. The highest BCUT2D eigenvalue weighted by molar-refractivity contribution is 5.94. The second kappa shape index (κ2) is 13.5. The van der Waals surface area contributed by atoms with Crippen LogP contribution in [-0.2, 0) is 25.6 Å². The highest BCUT2D eigenvalue weighted by Gasteiger charge is 2.32. The maximum absolute atomic E-state index is 12.9. The van der Waals surface area contributed by atoms with E-state index >= 15 is 0 Å². The average Bonchev–Trinajstić information content (AvgIpc) is 3.26. The van der Waals surface area contributed by atoms with E-state index in [0.29, 0.717) is 12.1 Å². The van der Waals surface area contributed by atoms with Crippen LogP contribution in [0.25, 0.3) is 0 Å². The molecule has 0 spiro atoms. The van der Waals surface area contributed by atoms with Crippen molar-refractivity contribution in [2.75, 3.05) is 6.61 Å². The fourth-order valence-corrected chi connectivity index (χ4v) is 3.11. The van der Waals surface area contributed by atoms with Crippen molar-refractivity contribution in [1.29, 1.82) is 0 Å². The van der Waals surface area contributed by atoms with Crippen LogP contribution >= 0.6 is 0 Å². The molecule has 12 heteroatoms. The van der Waals surface area contributed by atoms with Crippen LogP contribution in [-0.4, -0.2) is 74.6 Å². The summed E-state index contributed by atoms with van der Waals surface area (Å²) in [7, 11) is 0. The van der Waals surface area contributed by atoms with Gasteiger partial charge in [0.1, 0.15) is 18.1 Å². The van der Waals surface area contributed by atoms with Gasteiger partial charge in [-0.2, -0.15) is 0 Å². The van der Waals surface area contributed by atoms with Gasteiger partial charge in [-0.1, -0.05) is 34.1 Å². The Morgan fingerprint density at radius 2 is 1.70 bits per heavy atom. The van der Waals surface area contributed by atoms with E-state index in [1.807, 2.05) is 20.8 Å². The summed E-state index contributed by atoms with van der Waals surface area (Å²) in [5.74, 6) is -3.58. The van der Waals surface area contributed by atoms with E-state index in [4.69, 9.17) is 5.73 Å². The summed E-state index contributed by atoms with van der Waals surface area (Å²) < 4.78 is 0. The highest BCUT2D eigenvalue weighted by atomic mass is 16.4. The molecule has 33 heavy (non-hydrogen) atoms. The van der Waals surface area contributed by atoms with Crippen LogP contribution < -0.4 is 21.7 Å². The van der Waals surface area contributed by atoms with E-state index in [0.717, 1.165) is 0 Å². The molecule has 0 saturated carbocycles. The van der Waals surface area contributed by atoms with Gasteiger partial charge in [0.25, 0.3) is 0 Å². The monoisotopic (exact) mass is 468 g/mol. The topological polar surface area (TPSA) is 200 Å². The fraction of sp³-hybridized carbons (Fsp3) is 0.667. The number of aromatic amines is 1. The van der Waals surface area contributed by atoms with Gasteiger partial charge in [-0.05, 0) is 18.3 Å². The Bertz CT molecular complexity index is 784. The van der Waals surface area contributed by atoms with Crippen LogP contribution in [0.4, 0.5) is 0 Å². The average molecular weight is 469 g/mol. The van der Waals surface area contributed by atoms with E-state index in [9.17, 15) is 29.4 Å². The molecular formula is C21H36N6O6. The van der Waals surface area contributed by atoms with Crippen molar-refractivity contribution >= 4 is 23.7 Å². The lowest BCUT2D eigenvalue weighted by Gasteiger charge is -2.27. The number of nitrogens with two attached hydrogens (primary N) is 1. The van der Waals surface area contributed by atoms with Crippen molar-refractivity contribution in [2.24, 2.45) is 17.6 Å². The van der Waals surface area contributed by atoms with Crippen molar-refractivity contribution in [3.8, 4) is 0 Å². The second-order valence-corrected chi connectivity index (χ2v) is 8.53. The maximum atomic E-state index is 12.9. The van der Waals surface area contributed by atoms with Gasteiger partial charge >= 0.3 is 5.97 Å². The molecule has 0 bridgehead atoms. The number of rotatable bonds is 14. The van der Waals surface area contributed by atoms with Crippen molar-refractivity contribution < 1.29 is 29.4 Å². The zero-order valence-corrected chi connectivity index (χ0v) is 19.5. The summed E-state index contributed by atoms with van der Waals surface area (Å²) in [6, 6.07) is -4.49. The number of amides is 3. The molecule has 0 fully saturated rings. The van der Waals surface area contributed by atoms with Crippen LogP contribution in [0.5, 0.6) is 0 Å². The molecular weight excluding hydrogens is 432 g/mol. The lowest BCUT2D eigenvalue weighted by Crippen LogP contribution is -2.59. The number of aromatic nitrogens is 2. The molecule has 5 unspecified atom stereocenters. The van der Waals surface area contributed by atoms with Crippen molar-refractivity contribution in [2.45, 2.75) is 71.1 Å². The molecule has 1 aromatic heterocycles. The summed E-state index contributed by atoms with van der Waals surface area (Å²) in [4.78, 5) is 56.1. The molecule has 1 rings (SSSR count). The van der Waals surface area contributed by atoms with Crippen LogP contribution in [0, 0.1) is 11.8 Å². The molecule has 0 aliphatic heterocycles.